The van der Waals surface area contributed by atoms with Crippen molar-refractivity contribution in [3.05, 3.63) is 29.3 Å². The fourth-order valence-electron chi connectivity index (χ4n) is 2.24. The van der Waals surface area contributed by atoms with E-state index in [-0.39, 0.29) is 5.84 Å². The fourth-order valence-corrected chi connectivity index (χ4v) is 2.24. The van der Waals surface area contributed by atoms with Crippen molar-refractivity contribution in [2.45, 2.75) is 19.4 Å². The van der Waals surface area contributed by atoms with Gasteiger partial charge in [0.05, 0.1) is 12.6 Å². The summed E-state index contributed by atoms with van der Waals surface area (Å²) < 4.78 is 5.40. The molecule has 0 bridgehead atoms. The summed E-state index contributed by atoms with van der Waals surface area (Å²) in [7, 11) is 2.01. The topological polar surface area (TPSA) is 71.1 Å². The Kier molecular flexibility index (Phi) is 3.72. The number of benzene rings is 1. The second-order valence-corrected chi connectivity index (χ2v) is 4.63. The van der Waals surface area contributed by atoms with E-state index in [4.69, 9.17) is 15.7 Å². The van der Waals surface area contributed by atoms with Crippen LogP contribution in [0.3, 0.4) is 0 Å². The second kappa shape index (κ2) is 5.27. The number of rotatable bonds is 3. The van der Waals surface area contributed by atoms with Gasteiger partial charge >= 0.3 is 0 Å². The molecule has 18 heavy (non-hydrogen) atoms. The van der Waals surface area contributed by atoms with Crippen molar-refractivity contribution in [2.24, 2.45) is 10.9 Å². The summed E-state index contributed by atoms with van der Waals surface area (Å²) in [5, 5.41) is 12.0. The summed E-state index contributed by atoms with van der Waals surface area (Å²) >= 11 is 0. The molecule has 1 atom stereocenters. The van der Waals surface area contributed by atoms with Gasteiger partial charge in [-0.15, -0.1) is 0 Å². The molecule has 1 fully saturated rings. The van der Waals surface area contributed by atoms with Gasteiger partial charge in [0.25, 0.3) is 0 Å². The summed E-state index contributed by atoms with van der Waals surface area (Å²) in [6.45, 7) is 3.50. The second-order valence-electron chi connectivity index (χ2n) is 4.63. The van der Waals surface area contributed by atoms with E-state index in [9.17, 15) is 0 Å². The minimum absolute atomic E-state index is 0.138. The van der Waals surface area contributed by atoms with Crippen molar-refractivity contribution in [3.63, 3.8) is 0 Å². The molecule has 1 saturated heterocycles. The first-order valence-corrected chi connectivity index (χ1v) is 6.02. The van der Waals surface area contributed by atoms with Crippen LogP contribution < -0.4 is 10.6 Å². The molecule has 0 aromatic heterocycles. The van der Waals surface area contributed by atoms with Gasteiger partial charge in [-0.05, 0) is 25.5 Å². The minimum Gasteiger partial charge on any atom is -0.409 e. The Labute approximate surface area is 107 Å². The standard InChI is InChI=1S/C13H19N3O2/c1-9-3-4-12(11(7-9)13(14)15-17)16(2)10-5-6-18-8-10/h3-4,7,10,17H,5-6,8H2,1-2H3,(H2,14,15). The van der Waals surface area contributed by atoms with E-state index in [2.05, 4.69) is 10.1 Å². The average molecular weight is 249 g/mol. The third-order valence-electron chi connectivity index (χ3n) is 3.37. The van der Waals surface area contributed by atoms with Crippen LogP contribution in [-0.2, 0) is 4.74 Å². The van der Waals surface area contributed by atoms with Crippen LogP contribution in [0.5, 0.6) is 0 Å². The molecule has 0 spiro atoms. The summed E-state index contributed by atoms with van der Waals surface area (Å²) in [6.07, 6.45) is 1.000. The van der Waals surface area contributed by atoms with Crippen molar-refractivity contribution in [3.8, 4) is 0 Å². The highest BCUT2D eigenvalue weighted by Gasteiger charge is 2.23. The lowest BCUT2D eigenvalue weighted by Crippen LogP contribution is -2.33. The summed E-state index contributed by atoms with van der Waals surface area (Å²) in [4.78, 5) is 2.14. The lowest BCUT2D eigenvalue weighted by Gasteiger charge is -2.27. The highest BCUT2D eigenvalue weighted by atomic mass is 16.5. The molecule has 5 heteroatoms. The molecule has 3 N–H and O–H groups in total. The van der Waals surface area contributed by atoms with Gasteiger partial charge in [0.2, 0.25) is 0 Å². The van der Waals surface area contributed by atoms with Crippen LogP contribution in [-0.4, -0.2) is 37.3 Å². The number of amidine groups is 1. The van der Waals surface area contributed by atoms with Gasteiger partial charge in [-0.2, -0.15) is 0 Å². The van der Waals surface area contributed by atoms with E-state index in [1.165, 1.54) is 0 Å². The number of oxime groups is 1. The molecule has 1 aliphatic heterocycles. The number of nitrogens with two attached hydrogens (primary N) is 1. The lowest BCUT2D eigenvalue weighted by atomic mass is 10.1. The van der Waals surface area contributed by atoms with Crippen molar-refractivity contribution < 1.29 is 9.94 Å². The third-order valence-corrected chi connectivity index (χ3v) is 3.37. The molecule has 98 valence electrons. The lowest BCUT2D eigenvalue weighted by molar-refractivity contribution is 0.193. The molecule has 1 aromatic carbocycles. The Morgan fingerprint density at radius 2 is 2.33 bits per heavy atom. The fraction of sp³-hybridized carbons (Fsp3) is 0.462. The number of likely N-dealkylation sites (N-methyl/N-ethyl adjacent to an activating group) is 1. The van der Waals surface area contributed by atoms with Gasteiger partial charge in [-0.25, -0.2) is 0 Å². The summed E-state index contributed by atoms with van der Waals surface area (Å²) in [6, 6.07) is 6.30. The Morgan fingerprint density at radius 1 is 1.56 bits per heavy atom. The first-order chi connectivity index (χ1) is 8.63. The Balaban J connectivity index is 2.36. The maximum atomic E-state index is 8.87. The van der Waals surface area contributed by atoms with Crippen LogP contribution >= 0.6 is 0 Å². The molecule has 0 saturated carbocycles. The summed E-state index contributed by atoms with van der Waals surface area (Å²) in [5.74, 6) is 0.138. The van der Waals surface area contributed by atoms with Crippen molar-refractivity contribution in [1.29, 1.82) is 0 Å². The van der Waals surface area contributed by atoms with E-state index in [0.717, 1.165) is 36.4 Å². The zero-order chi connectivity index (χ0) is 13.1. The number of ether oxygens (including phenoxy) is 1. The van der Waals surface area contributed by atoms with E-state index in [1.54, 1.807) is 0 Å². The predicted octanol–water partition coefficient (Wildman–Crippen LogP) is 1.31. The van der Waals surface area contributed by atoms with Crippen LogP contribution in [0, 0.1) is 6.92 Å². The number of anilines is 1. The van der Waals surface area contributed by atoms with Gasteiger partial charge in [0, 0.05) is 24.9 Å². The monoisotopic (exact) mass is 249 g/mol. The van der Waals surface area contributed by atoms with E-state index in [0.29, 0.717) is 6.04 Å². The van der Waals surface area contributed by atoms with E-state index < -0.39 is 0 Å². The Hall–Kier alpha value is -1.75. The van der Waals surface area contributed by atoms with Crippen LogP contribution in [0.1, 0.15) is 17.5 Å². The molecule has 1 aromatic rings. The molecular weight excluding hydrogens is 230 g/mol. The van der Waals surface area contributed by atoms with Crippen LogP contribution in [0.15, 0.2) is 23.4 Å². The molecule has 0 amide bonds. The van der Waals surface area contributed by atoms with Crippen LogP contribution in [0.25, 0.3) is 0 Å². The zero-order valence-corrected chi connectivity index (χ0v) is 10.8. The molecule has 0 radical (unpaired) electrons. The van der Waals surface area contributed by atoms with E-state index in [1.807, 2.05) is 32.2 Å². The average Bonchev–Trinajstić information content (AvgIpc) is 2.90. The molecule has 1 heterocycles. The van der Waals surface area contributed by atoms with Crippen LogP contribution in [0.4, 0.5) is 5.69 Å². The number of nitrogens with zero attached hydrogens (tertiary/aromatic N) is 2. The highest BCUT2D eigenvalue weighted by molar-refractivity contribution is 6.02. The molecular formula is C13H19N3O2. The highest BCUT2D eigenvalue weighted by Crippen LogP contribution is 2.25. The molecule has 2 rings (SSSR count). The van der Waals surface area contributed by atoms with Crippen molar-refractivity contribution in [2.75, 3.05) is 25.2 Å². The minimum atomic E-state index is 0.138. The third kappa shape index (κ3) is 2.41. The van der Waals surface area contributed by atoms with Gasteiger partial charge in [-0.3, -0.25) is 0 Å². The van der Waals surface area contributed by atoms with Crippen LogP contribution in [0.2, 0.25) is 0 Å². The maximum absolute atomic E-state index is 8.87. The predicted molar refractivity (Wildman–Crippen MR) is 71.3 cm³/mol. The quantitative estimate of drug-likeness (QED) is 0.367. The molecule has 0 aliphatic carbocycles. The van der Waals surface area contributed by atoms with Gasteiger partial charge in [0.1, 0.15) is 0 Å². The SMILES string of the molecule is Cc1ccc(N(C)C2CCOC2)c(/C(N)=N/O)c1. The molecule has 1 aliphatic rings. The van der Waals surface area contributed by atoms with Gasteiger partial charge in [-0.1, -0.05) is 16.8 Å². The smallest absolute Gasteiger partial charge is 0.172 e. The Bertz CT molecular complexity index is 454. The molecule has 5 nitrogen and oxygen atoms in total. The van der Waals surface area contributed by atoms with Crippen molar-refractivity contribution >= 4 is 11.5 Å². The largest absolute Gasteiger partial charge is 0.409 e. The van der Waals surface area contributed by atoms with Gasteiger partial charge < -0.3 is 20.6 Å². The number of hydrogen-bond donors (Lipinski definition) is 2. The zero-order valence-electron chi connectivity index (χ0n) is 10.8. The Morgan fingerprint density at radius 3 is 2.94 bits per heavy atom. The van der Waals surface area contributed by atoms with Crippen molar-refractivity contribution in [1.82, 2.24) is 0 Å². The van der Waals surface area contributed by atoms with Gasteiger partial charge in [0.15, 0.2) is 5.84 Å². The normalized spacial score (nSPS) is 20.1. The first kappa shape index (κ1) is 12.7. The van der Waals surface area contributed by atoms with E-state index >= 15 is 0 Å². The molecule has 1 unspecified atom stereocenters. The first-order valence-electron chi connectivity index (χ1n) is 6.02. The maximum Gasteiger partial charge on any atom is 0.172 e. The summed E-state index contributed by atoms with van der Waals surface area (Å²) in [5.41, 5.74) is 8.54. The number of aryl methyl sites for hydroxylation is 1. The number of hydrogen-bond acceptors (Lipinski definition) is 4.